The van der Waals surface area contributed by atoms with Gasteiger partial charge in [-0.25, -0.2) is 18.7 Å². The number of nitrogens with one attached hydrogen (secondary N) is 1. The number of halogens is 2. The van der Waals surface area contributed by atoms with Gasteiger partial charge >= 0.3 is 0 Å². The second-order valence-corrected chi connectivity index (χ2v) is 7.12. The van der Waals surface area contributed by atoms with Gasteiger partial charge in [-0.2, -0.15) is 0 Å². The Morgan fingerprint density at radius 3 is 2.68 bits per heavy atom. The second-order valence-electron chi connectivity index (χ2n) is 6.20. The Hall–Kier alpha value is -2.68. The van der Waals surface area contributed by atoms with E-state index in [-0.39, 0.29) is 17.7 Å². The largest absolute Gasteiger partial charge is 0.348 e. The first-order valence-corrected chi connectivity index (χ1v) is 9.90. The lowest BCUT2D eigenvalue weighted by Gasteiger charge is -2.38. The minimum Gasteiger partial charge on any atom is -0.348 e. The normalized spacial score (nSPS) is 16.0. The number of rotatable bonds is 4. The van der Waals surface area contributed by atoms with Crippen LogP contribution in [0, 0.1) is 0 Å². The van der Waals surface area contributed by atoms with E-state index in [9.17, 15) is 13.6 Å². The standard InChI is InChI=1S/C17H15F2N5OS.C2H6/c1-10(11-3-2-5-20-7-11)21-16-22-12-4-6-26-14(12)13(23-16)15(25)24-8-17(18,19)9-24;1-2/h2-7,10H,8-9H2,1H3,(H,21,22,23);1-2H3. The van der Waals surface area contributed by atoms with Crippen molar-refractivity contribution in [2.45, 2.75) is 32.7 Å². The van der Waals surface area contributed by atoms with Crippen LogP contribution >= 0.6 is 11.3 Å². The molecule has 1 N–H and O–H groups in total. The van der Waals surface area contributed by atoms with Crippen LogP contribution in [0.5, 0.6) is 0 Å². The predicted octanol–water partition coefficient (Wildman–Crippen LogP) is 4.38. The summed E-state index contributed by atoms with van der Waals surface area (Å²) in [4.78, 5) is 26.5. The molecule has 6 nitrogen and oxygen atoms in total. The van der Waals surface area contributed by atoms with Crippen molar-refractivity contribution >= 4 is 33.4 Å². The summed E-state index contributed by atoms with van der Waals surface area (Å²) in [5, 5.41) is 4.95. The zero-order chi connectivity index (χ0) is 20.3. The van der Waals surface area contributed by atoms with E-state index in [1.807, 2.05) is 32.9 Å². The molecule has 1 atom stereocenters. The van der Waals surface area contributed by atoms with Crippen LogP contribution < -0.4 is 5.32 Å². The minimum absolute atomic E-state index is 0.129. The van der Waals surface area contributed by atoms with Gasteiger partial charge < -0.3 is 10.2 Å². The van der Waals surface area contributed by atoms with Crippen molar-refractivity contribution in [1.29, 1.82) is 0 Å². The Morgan fingerprint density at radius 1 is 1.29 bits per heavy atom. The number of carbonyl (C=O) groups excluding carboxylic acids is 1. The lowest BCUT2D eigenvalue weighted by atomic mass is 10.1. The summed E-state index contributed by atoms with van der Waals surface area (Å²) < 4.78 is 26.8. The summed E-state index contributed by atoms with van der Waals surface area (Å²) in [6.45, 7) is 4.78. The first kappa shape index (κ1) is 20.1. The first-order valence-electron chi connectivity index (χ1n) is 9.02. The van der Waals surface area contributed by atoms with Crippen LogP contribution in [-0.4, -0.2) is 44.8 Å². The Kier molecular flexibility index (Phi) is 5.83. The van der Waals surface area contributed by atoms with Crippen molar-refractivity contribution in [2.24, 2.45) is 0 Å². The minimum atomic E-state index is -2.81. The predicted molar refractivity (Wildman–Crippen MR) is 106 cm³/mol. The van der Waals surface area contributed by atoms with Gasteiger partial charge in [-0.3, -0.25) is 9.78 Å². The molecular formula is C19H21F2N5OS. The number of fused-ring (bicyclic) bond motifs is 1. The highest BCUT2D eigenvalue weighted by molar-refractivity contribution is 7.17. The molecule has 1 aliphatic heterocycles. The topological polar surface area (TPSA) is 71.0 Å². The van der Waals surface area contributed by atoms with Gasteiger partial charge in [0.2, 0.25) is 5.95 Å². The summed E-state index contributed by atoms with van der Waals surface area (Å²) in [6.07, 6.45) is 3.42. The molecule has 1 unspecified atom stereocenters. The van der Waals surface area contributed by atoms with Crippen molar-refractivity contribution in [1.82, 2.24) is 19.9 Å². The second kappa shape index (κ2) is 8.14. The molecule has 9 heteroatoms. The number of nitrogens with zero attached hydrogens (tertiary/aromatic N) is 4. The fourth-order valence-corrected chi connectivity index (χ4v) is 3.60. The fourth-order valence-electron chi connectivity index (χ4n) is 2.79. The van der Waals surface area contributed by atoms with Crippen LogP contribution in [0.25, 0.3) is 10.2 Å². The molecule has 0 bridgehead atoms. The van der Waals surface area contributed by atoms with Crippen LogP contribution in [0.3, 0.4) is 0 Å². The van der Waals surface area contributed by atoms with E-state index < -0.39 is 24.9 Å². The molecule has 1 aliphatic rings. The molecule has 0 aromatic carbocycles. The van der Waals surface area contributed by atoms with Gasteiger partial charge in [-0.05, 0) is 30.0 Å². The zero-order valence-corrected chi connectivity index (χ0v) is 16.6. The molecule has 148 valence electrons. The van der Waals surface area contributed by atoms with E-state index >= 15 is 0 Å². The van der Waals surface area contributed by atoms with Gasteiger partial charge in [-0.1, -0.05) is 19.9 Å². The van der Waals surface area contributed by atoms with E-state index in [4.69, 9.17) is 0 Å². The quantitative estimate of drug-likeness (QED) is 0.698. The Bertz CT molecular complexity index is 955. The van der Waals surface area contributed by atoms with Gasteiger partial charge in [0, 0.05) is 12.4 Å². The summed E-state index contributed by atoms with van der Waals surface area (Å²) in [7, 11) is 0. The molecule has 0 spiro atoms. The molecule has 0 radical (unpaired) electrons. The average molecular weight is 405 g/mol. The number of alkyl halides is 2. The van der Waals surface area contributed by atoms with Gasteiger partial charge in [-0.15, -0.1) is 11.3 Å². The van der Waals surface area contributed by atoms with E-state index in [1.54, 1.807) is 23.8 Å². The van der Waals surface area contributed by atoms with Crippen molar-refractivity contribution in [3.63, 3.8) is 0 Å². The number of anilines is 1. The third-order valence-corrected chi connectivity index (χ3v) is 5.08. The lowest BCUT2D eigenvalue weighted by molar-refractivity contribution is -0.113. The summed E-state index contributed by atoms with van der Waals surface area (Å²) >= 11 is 1.32. The van der Waals surface area contributed by atoms with Crippen molar-refractivity contribution in [3.05, 3.63) is 47.2 Å². The van der Waals surface area contributed by atoms with Crippen LogP contribution in [0.4, 0.5) is 14.7 Å². The van der Waals surface area contributed by atoms with Gasteiger partial charge in [0.25, 0.3) is 11.8 Å². The number of likely N-dealkylation sites (tertiary alicyclic amines) is 1. The third-order valence-electron chi connectivity index (χ3n) is 4.17. The van der Waals surface area contributed by atoms with Gasteiger partial charge in [0.1, 0.15) is 0 Å². The van der Waals surface area contributed by atoms with E-state index in [2.05, 4.69) is 20.3 Å². The summed E-state index contributed by atoms with van der Waals surface area (Å²) in [5.74, 6) is -3.03. The summed E-state index contributed by atoms with van der Waals surface area (Å²) in [5.41, 5.74) is 1.71. The van der Waals surface area contributed by atoms with Crippen LogP contribution in [0.1, 0.15) is 42.9 Å². The number of thiophene rings is 1. The first-order chi connectivity index (χ1) is 13.4. The molecule has 1 fully saturated rings. The number of hydrogen-bond donors (Lipinski definition) is 1. The smallest absolute Gasteiger partial charge is 0.282 e. The molecule has 1 amide bonds. The molecule has 4 heterocycles. The number of aromatic nitrogens is 3. The molecule has 1 saturated heterocycles. The van der Waals surface area contributed by atoms with Crippen LogP contribution in [0.2, 0.25) is 0 Å². The van der Waals surface area contributed by atoms with Crippen LogP contribution in [-0.2, 0) is 0 Å². The van der Waals surface area contributed by atoms with Gasteiger partial charge in [0.05, 0.1) is 29.3 Å². The monoisotopic (exact) mass is 405 g/mol. The molecule has 3 aromatic rings. The number of carbonyl (C=O) groups is 1. The molecule has 0 saturated carbocycles. The molecular weight excluding hydrogens is 384 g/mol. The molecule has 3 aromatic heterocycles. The lowest BCUT2D eigenvalue weighted by Crippen LogP contribution is -2.58. The van der Waals surface area contributed by atoms with Crippen molar-refractivity contribution in [3.8, 4) is 0 Å². The van der Waals surface area contributed by atoms with Crippen LogP contribution in [0.15, 0.2) is 36.0 Å². The maximum absolute atomic E-state index is 13.1. The molecule has 4 rings (SSSR count). The maximum atomic E-state index is 13.1. The molecule has 0 aliphatic carbocycles. The highest BCUT2D eigenvalue weighted by atomic mass is 32.1. The van der Waals surface area contributed by atoms with E-state index in [0.29, 0.717) is 10.2 Å². The summed E-state index contributed by atoms with van der Waals surface area (Å²) in [6, 6.07) is 5.40. The number of amides is 1. The Labute approximate surface area is 165 Å². The Morgan fingerprint density at radius 2 is 2.04 bits per heavy atom. The van der Waals surface area contributed by atoms with E-state index in [0.717, 1.165) is 10.5 Å². The maximum Gasteiger partial charge on any atom is 0.282 e. The fraction of sp³-hybridized carbons (Fsp3) is 0.368. The SMILES string of the molecule is CC.CC(Nc1nc(C(=O)N2CC(F)(F)C2)c2sccc2n1)c1cccnc1. The third kappa shape index (κ3) is 4.09. The average Bonchev–Trinajstić information content (AvgIpc) is 3.15. The highest BCUT2D eigenvalue weighted by Gasteiger charge is 2.47. The van der Waals surface area contributed by atoms with Crippen molar-refractivity contribution in [2.75, 3.05) is 18.4 Å². The Balaban J connectivity index is 0.00000109. The molecule has 28 heavy (non-hydrogen) atoms. The number of pyridine rings is 1. The number of hydrogen-bond acceptors (Lipinski definition) is 6. The zero-order valence-electron chi connectivity index (χ0n) is 15.8. The van der Waals surface area contributed by atoms with Crippen molar-refractivity contribution < 1.29 is 13.6 Å². The van der Waals surface area contributed by atoms with E-state index in [1.165, 1.54) is 11.3 Å². The highest BCUT2D eigenvalue weighted by Crippen LogP contribution is 2.31. The van der Waals surface area contributed by atoms with Gasteiger partial charge in [0.15, 0.2) is 5.69 Å².